The summed E-state index contributed by atoms with van der Waals surface area (Å²) in [5.74, 6) is 0.882. The molecule has 1 saturated carbocycles. The maximum absolute atomic E-state index is 12.8. The molecule has 1 aliphatic carbocycles. The number of carbonyl (C=O) groups is 1. The average Bonchev–Trinajstić information content (AvgIpc) is 3.12. The second-order valence-electron chi connectivity index (χ2n) is 6.63. The Hall–Kier alpha value is -2.08. The van der Waals surface area contributed by atoms with Crippen LogP contribution in [0.3, 0.4) is 0 Å². The zero-order valence-corrected chi connectivity index (χ0v) is 13.4. The van der Waals surface area contributed by atoms with Gasteiger partial charge in [0.1, 0.15) is 5.76 Å². The fraction of sp³-hybridized carbons (Fsp3) is 0.529. The van der Waals surface area contributed by atoms with Crippen LogP contribution in [0.25, 0.3) is 0 Å². The van der Waals surface area contributed by atoms with Crippen LogP contribution in [0, 0.1) is 0 Å². The molecule has 0 spiro atoms. The Balaban J connectivity index is 1.55. The molecule has 0 unspecified atom stereocenters. The van der Waals surface area contributed by atoms with Gasteiger partial charge in [0.05, 0.1) is 36.4 Å². The van der Waals surface area contributed by atoms with E-state index in [1.54, 1.807) is 6.26 Å². The molecule has 1 fully saturated rings. The summed E-state index contributed by atoms with van der Waals surface area (Å²) in [5.41, 5.74) is 2.05. The van der Waals surface area contributed by atoms with Crippen molar-refractivity contribution in [3.63, 3.8) is 0 Å². The van der Waals surface area contributed by atoms with E-state index < -0.39 is 0 Å². The van der Waals surface area contributed by atoms with Gasteiger partial charge >= 0.3 is 0 Å². The van der Waals surface area contributed by atoms with E-state index in [0.29, 0.717) is 19.1 Å². The van der Waals surface area contributed by atoms with E-state index >= 15 is 0 Å². The first-order valence-corrected chi connectivity index (χ1v) is 8.26. The minimum absolute atomic E-state index is 0.128. The lowest BCUT2D eigenvalue weighted by molar-refractivity contribution is -0.124. The number of hydrogen-bond donors (Lipinski definition) is 1. The Morgan fingerprint density at radius 1 is 1.48 bits per heavy atom. The number of nitrogens with zero attached hydrogens (tertiary/aromatic N) is 3. The highest BCUT2D eigenvalue weighted by Crippen LogP contribution is 2.29. The zero-order valence-electron chi connectivity index (χ0n) is 13.4. The third-order valence-electron chi connectivity index (χ3n) is 4.93. The van der Waals surface area contributed by atoms with Crippen molar-refractivity contribution in [2.24, 2.45) is 7.05 Å². The van der Waals surface area contributed by atoms with Crippen LogP contribution in [-0.2, 0) is 24.9 Å². The van der Waals surface area contributed by atoms with E-state index in [-0.39, 0.29) is 11.8 Å². The Bertz CT molecular complexity index is 688. The quantitative estimate of drug-likeness (QED) is 0.934. The van der Waals surface area contributed by atoms with Crippen molar-refractivity contribution in [3.05, 3.63) is 41.9 Å². The molecule has 2 aromatic rings. The first kappa shape index (κ1) is 14.5. The molecule has 6 heteroatoms. The summed E-state index contributed by atoms with van der Waals surface area (Å²) < 4.78 is 7.44. The molecule has 2 aromatic heterocycles. The topological polar surface area (TPSA) is 63.3 Å². The predicted octanol–water partition coefficient (Wildman–Crippen LogP) is 1.78. The minimum Gasteiger partial charge on any atom is -0.468 e. The number of furan rings is 1. The van der Waals surface area contributed by atoms with E-state index in [1.165, 1.54) is 6.42 Å². The average molecular weight is 314 g/mol. The van der Waals surface area contributed by atoms with Gasteiger partial charge in [-0.2, -0.15) is 0 Å². The molecule has 6 nitrogen and oxygen atoms in total. The van der Waals surface area contributed by atoms with Crippen LogP contribution in [0.5, 0.6) is 0 Å². The summed E-state index contributed by atoms with van der Waals surface area (Å²) in [7, 11) is 1.97. The molecule has 0 saturated heterocycles. The minimum atomic E-state index is -0.165. The van der Waals surface area contributed by atoms with E-state index in [1.807, 2.05) is 30.1 Å². The lowest BCUT2D eigenvalue weighted by Crippen LogP contribution is -2.46. The van der Waals surface area contributed by atoms with Crippen LogP contribution in [0.15, 0.2) is 29.1 Å². The highest BCUT2D eigenvalue weighted by Gasteiger charge is 2.35. The van der Waals surface area contributed by atoms with Crippen molar-refractivity contribution in [2.45, 2.75) is 44.3 Å². The normalized spacial score (nSPS) is 21.7. The molecule has 1 aliphatic heterocycles. The standard InChI is InChI=1S/C17H22N4O2/c1-20-11-18-15-10-21(8-13-6-3-7-23-13)9-14(16(15)20)17(22)19-12-4-2-5-12/h3,6-7,11-12,14H,2,4-5,8-10H2,1H3,(H,19,22)/t14-/m1/s1. The molecule has 0 aromatic carbocycles. The van der Waals surface area contributed by atoms with Gasteiger partial charge < -0.3 is 14.3 Å². The van der Waals surface area contributed by atoms with Crippen molar-refractivity contribution in [2.75, 3.05) is 6.54 Å². The van der Waals surface area contributed by atoms with Crippen LogP contribution < -0.4 is 5.32 Å². The van der Waals surface area contributed by atoms with Gasteiger partial charge in [-0.1, -0.05) is 0 Å². The number of fused-ring (bicyclic) bond motifs is 1. The monoisotopic (exact) mass is 314 g/mol. The van der Waals surface area contributed by atoms with Gasteiger partial charge in [0.2, 0.25) is 5.91 Å². The molecule has 1 amide bonds. The number of nitrogens with one attached hydrogen (secondary N) is 1. The highest BCUT2D eigenvalue weighted by atomic mass is 16.3. The second-order valence-corrected chi connectivity index (χ2v) is 6.63. The number of carbonyl (C=O) groups excluding carboxylic acids is 1. The maximum Gasteiger partial charge on any atom is 0.230 e. The largest absolute Gasteiger partial charge is 0.468 e. The summed E-state index contributed by atoms with van der Waals surface area (Å²) in [5, 5.41) is 3.19. The Labute approximate surface area is 135 Å². The smallest absolute Gasteiger partial charge is 0.230 e. The van der Waals surface area contributed by atoms with Gasteiger partial charge in [-0.05, 0) is 31.4 Å². The number of rotatable bonds is 4. The lowest BCUT2D eigenvalue weighted by Gasteiger charge is -2.34. The number of imidazole rings is 1. The van der Waals surface area contributed by atoms with Crippen LogP contribution in [0.2, 0.25) is 0 Å². The SMILES string of the molecule is Cn1cnc2c1[C@H](C(=O)NC1CCC1)CN(Cc1ccco1)C2. The van der Waals surface area contributed by atoms with Crippen LogP contribution in [0.4, 0.5) is 0 Å². The number of aromatic nitrogens is 2. The van der Waals surface area contributed by atoms with Gasteiger partial charge in [0, 0.05) is 26.2 Å². The molecule has 1 atom stereocenters. The lowest BCUT2D eigenvalue weighted by atomic mass is 9.91. The predicted molar refractivity (Wildman–Crippen MR) is 84.6 cm³/mol. The summed E-state index contributed by atoms with van der Waals surface area (Å²) in [6.07, 6.45) is 6.92. The summed E-state index contributed by atoms with van der Waals surface area (Å²) >= 11 is 0. The van der Waals surface area contributed by atoms with Crippen molar-refractivity contribution in [1.29, 1.82) is 0 Å². The zero-order chi connectivity index (χ0) is 15.8. The van der Waals surface area contributed by atoms with Crippen molar-refractivity contribution >= 4 is 5.91 Å². The van der Waals surface area contributed by atoms with Gasteiger partial charge in [-0.15, -0.1) is 0 Å². The molecule has 23 heavy (non-hydrogen) atoms. The number of aryl methyl sites for hydroxylation is 1. The van der Waals surface area contributed by atoms with Gasteiger partial charge in [0.25, 0.3) is 0 Å². The van der Waals surface area contributed by atoms with Crippen LogP contribution in [0.1, 0.15) is 42.3 Å². The molecule has 2 aliphatic rings. The van der Waals surface area contributed by atoms with E-state index in [0.717, 1.165) is 36.5 Å². The first-order chi connectivity index (χ1) is 11.2. The van der Waals surface area contributed by atoms with Crippen molar-refractivity contribution < 1.29 is 9.21 Å². The molecule has 1 N–H and O–H groups in total. The molecule has 4 rings (SSSR count). The Morgan fingerprint density at radius 3 is 3.04 bits per heavy atom. The van der Waals surface area contributed by atoms with Crippen LogP contribution >= 0.6 is 0 Å². The van der Waals surface area contributed by atoms with Crippen molar-refractivity contribution in [1.82, 2.24) is 19.8 Å². The van der Waals surface area contributed by atoms with E-state index in [4.69, 9.17) is 4.42 Å². The number of hydrogen-bond acceptors (Lipinski definition) is 4. The van der Waals surface area contributed by atoms with E-state index in [2.05, 4.69) is 15.2 Å². The molecule has 3 heterocycles. The molecule has 0 radical (unpaired) electrons. The highest BCUT2D eigenvalue weighted by molar-refractivity contribution is 5.84. The molecular formula is C17H22N4O2. The maximum atomic E-state index is 12.8. The third kappa shape index (κ3) is 2.79. The third-order valence-corrected chi connectivity index (χ3v) is 4.93. The Morgan fingerprint density at radius 2 is 2.35 bits per heavy atom. The van der Waals surface area contributed by atoms with Gasteiger partial charge in [0.15, 0.2) is 0 Å². The fourth-order valence-corrected chi connectivity index (χ4v) is 3.48. The number of amides is 1. The molecule has 122 valence electrons. The first-order valence-electron chi connectivity index (χ1n) is 8.26. The van der Waals surface area contributed by atoms with Gasteiger partial charge in [-0.25, -0.2) is 4.98 Å². The second kappa shape index (κ2) is 5.85. The van der Waals surface area contributed by atoms with Gasteiger partial charge in [-0.3, -0.25) is 9.69 Å². The van der Waals surface area contributed by atoms with E-state index in [9.17, 15) is 4.79 Å². The summed E-state index contributed by atoms with van der Waals surface area (Å²) in [6.45, 7) is 2.16. The molecule has 0 bridgehead atoms. The molecular weight excluding hydrogens is 292 g/mol. The Kier molecular flexibility index (Phi) is 3.69. The summed E-state index contributed by atoms with van der Waals surface area (Å²) in [4.78, 5) is 19.5. The van der Waals surface area contributed by atoms with Crippen LogP contribution in [-0.4, -0.2) is 32.9 Å². The fourth-order valence-electron chi connectivity index (χ4n) is 3.48. The van der Waals surface area contributed by atoms with Crippen molar-refractivity contribution in [3.8, 4) is 0 Å². The summed E-state index contributed by atoms with van der Waals surface area (Å²) in [6, 6.07) is 4.23.